The van der Waals surface area contributed by atoms with Crippen molar-refractivity contribution in [2.75, 3.05) is 5.32 Å². The first-order valence-corrected chi connectivity index (χ1v) is 8.20. The summed E-state index contributed by atoms with van der Waals surface area (Å²) in [7, 11) is 0. The first-order chi connectivity index (χ1) is 12.6. The van der Waals surface area contributed by atoms with E-state index in [1.807, 2.05) is 12.1 Å². The lowest BCUT2D eigenvalue weighted by molar-refractivity contribution is 0.628. The Morgan fingerprint density at radius 3 is 2.54 bits per heavy atom. The van der Waals surface area contributed by atoms with Gasteiger partial charge in [-0.3, -0.25) is 9.89 Å². The van der Waals surface area contributed by atoms with Crippen LogP contribution in [0, 0.1) is 5.82 Å². The Morgan fingerprint density at radius 2 is 1.81 bits per heavy atom. The standard InChI is InChI=1S/C18H13ClFN5O/c19-12-3-1-11(2-4-12)17-23-18-22-15(9-16(26)25(18)24-17)10-21-14-7-5-13(20)6-8-14/h1-9,21H,10H2,(H,22,23,24). The first-order valence-electron chi connectivity index (χ1n) is 7.82. The smallest absolute Gasteiger partial charge is 0.274 e. The van der Waals surface area contributed by atoms with E-state index < -0.39 is 0 Å². The minimum absolute atomic E-state index is 0.265. The highest BCUT2D eigenvalue weighted by molar-refractivity contribution is 6.30. The Kier molecular flexibility index (Phi) is 4.14. The number of benzene rings is 2. The van der Waals surface area contributed by atoms with E-state index in [0.717, 1.165) is 11.3 Å². The number of nitrogens with zero attached hydrogens (tertiary/aromatic N) is 3. The third-order valence-corrected chi connectivity index (χ3v) is 4.07. The Bertz CT molecular complexity index is 1120. The highest BCUT2D eigenvalue weighted by Gasteiger charge is 2.09. The van der Waals surface area contributed by atoms with Gasteiger partial charge in [0.15, 0.2) is 5.82 Å². The lowest BCUT2D eigenvalue weighted by Gasteiger charge is -2.05. The molecule has 0 aliphatic heterocycles. The zero-order valence-corrected chi connectivity index (χ0v) is 14.2. The van der Waals surface area contributed by atoms with Crippen LogP contribution in [-0.4, -0.2) is 19.6 Å². The van der Waals surface area contributed by atoms with Crippen molar-refractivity contribution in [3.8, 4) is 11.4 Å². The van der Waals surface area contributed by atoms with Crippen molar-refractivity contribution in [2.24, 2.45) is 0 Å². The Hall–Kier alpha value is -3.19. The second-order valence-corrected chi connectivity index (χ2v) is 6.10. The molecule has 0 fully saturated rings. The van der Waals surface area contributed by atoms with E-state index in [-0.39, 0.29) is 17.2 Å². The average molecular weight is 370 g/mol. The van der Waals surface area contributed by atoms with Gasteiger partial charge in [-0.2, -0.15) is 9.50 Å². The molecule has 0 spiro atoms. The van der Waals surface area contributed by atoms with Crippen LogP contribution in [0.25, 0.3) is 17.2 Å². The molecule has 0 unspecified atom stereocenters. The molecule has 2 heterocycles. The molecule has 4 aromatic rings. The number of fused-ring (bicyclic) bond motifs is 1. The van der Waals surface area contributed by atoms with Crippen molar-refractivity contribution in [1.29, 1.82) is 0 Å². The van der Waals surface area contributed by atoms with Crippen LogP contribution in [0.3, 0.4) is 0 Å². The molecule has 2 aromatic carbocycles. The van der Waals surface area contributed by atoms with Gasteiger partial charge in [0.1, 0.15) is 5.82 Å². The molecule has 0 saturated carbocycles. The largest absolute Gasteiger partial charge is 0.379 e. The molecule has 4 rings (SSSR count). The molecular weight excluding hydrogens is 357 g/mol. The topological polar surface area (TPSA) is 75.1 Å². The van der Waals surface area contributed by atoms with Crippen LogP contribution in [0.2, 0.25) is 5.02 Å². The Morgan fingerprint density at radius 1 is 1.08 bits per heavy atom. The molecular formula is C18H13ClFN5O. The summed E-state index contributed by atoms with van der Waals surface area (Å²) < 4.78 is 14.2. The van der Waals surface area contributed by atoms with Gasteiger partial charge in [0, 0.05) is 22.3 Å². The normalized spacial score (nSPS) is 11.0. The predicted octanol–water partition coefficient (Wildman–Crippen LogP) is 3.49. The van der Waals surface area contributed by atoms with Gasteiger partial charge in [0.25, 0.3) is 11.3 Å². The van der Waals surface area contributed by atoms with E-state index in [9.17, 15) is 9.18 Å². The van der Waals surface area contributed by atoms with E-state index in [4.69, 9.17) is 11.6 Å². The number of halogens is 2. The summed E-state index contributed by atoms with van der Waals surface area (Å²) in [6.07, 6.45) is 0. The second kappa shape index (κ2) is 6.61. The van der Waals surface area contributed by atoms with Gasteiger partial charge in [-0.05, 0) is 48.5 Å². The van der Waals surface area contributed by atoms with E-state index >= 15 is 0 Å². The van der Waals surface area contributed by atoms with Crippen LogP contribution >= 0.6 is 11.6 Å². The number of nitrogens with one attached hydrogen (secondary N) is 2. The molecule has 0 aliphatic rings. The summed E-state index contributed by atoms with van der Waals surface area (Å²) in [4.78, 5) is 21.1. The van der Waals surface area contributed by atoms with Crippen molar-refractivity contribution in [2.45, 2.75) is 6.54 Å². The maximum Gasteiger partial charge on any atom is 0.274 e. The van der Waals surface area contributed by atoms with E-state index in [1.165, 1.54) is 22.7 Å². The van der Waals surface area contributed by atoms with Crippen molar-refractivity contribution in [3.63, 3.8) is 0 Å². The average Bonchev–Trinajstić information content (AvgIpc) is 3.07. The van der Waals surface area contributed by atoms with Crippen molar-refractivity contribution >= 4 is 23.1 Å². The van der Waals surface area contributed by atoms with Crippen LogP contribution in [0.5, 0.6) is 0 Å². The number of H-pyrrole nitrogens is 1. The number of aromatic nitrogens is 4. The van der Waals surface area contributed by atoms with Crippen molar-refractivity contribution in [1.82, 2.24) is 19.6 Å². The molecule has 0 saturated heterocycles. The third kappa shape index (κ3) is 3.29. The highest BCUT2D eigenvalue weighted by Crippen LogP contribution is 2.18. The van der Waals surface area contributed by atoms with Crippen LogP contribution in [-0.2, 0) is 6.54 Å². The maximum atomic E-state index is 12.9. The minimum Gasteiger partial charge on any atom is -0.379 e. The zero-order valence-electron chi connectivity index (χ0n) is 13.4. The summed E-state index contributed by atoms with van der Waals surface area (Å²) in [6, 6.07) is 14.5. The SMILES string of the molecule is O=c1cc(CNc2ccc(F)cc2)nc2nc(-c3ccc(Cl)cc3)[nH]n12. The van der Waals surface area contributed by atoms with Crippen molar-refractivity contribution < 1.29 is 4.39 Å². The molecule has 8 heteroatoms. The summed E-state index contributed by atoms with van der Waals surface area (Å²) >= 11 is 5.89. The summed E-state index contributed by atoms with van der Waals surface area (Å²) in [5, 5.41) is 6.65. The maximum absolute atomic E-state index is 12.9. The van der Waals surface area contributed by atoms with Gasteiger partial charge in [-0.15, -0.1) is 0 Å². The Balaban J connectivity index is 1.62. The van der Waals surface area contributed by atoms with E-state index in [1.54, 1.807) is 24.3 Å². The molecule has 0 atom stereocenters. The summed E-state index contributed by atoms with van der Waals surface area (Å²) in [6.45, 7) is 0.320. The quantitative estimate of drug-likeness (QED) is 0.577. The fourth-order valence-corrected chi connectivity index (χ4v) is 2.64. The monoisotopic (exact) mass is 369 g/mol. The molecule has 2 aromatic heterocycles. The molecule has 6 nitrogen and oxygen atoms in total. The van der Waals surface area contributed by atoms with E-state index in [2.05, 4.69) is 20.4 Å². The van der Waals surface area contributed by atoms with Crippen molar-refractivity contribution in [3.05, 3.63) is 81.5 Å². The van der Waals surface area contributed by atoms with Crippen LogP contribution in [0.1, 0.15) is 5.69 Å². The molecule has 130 valence electrons. The first kappa shape index (κ1) is 16.3. The molecule has 0 radical (unpaired) electrons. The van der Waals surface area contributed by atoms with Crippen LogP contribution in [0.15, 0.2) is 59.4 Å². The summed E-state index contributed by atoms with van der Waals surface area (Å²) in [5.41, 5.74) is 1.80. The zero-order chi connectivity index (χ0) is 18.1. The molecule has 0 bridgehead atoms. The predicted molar refractivity (Wildman–Crippen MR) is 97.8 cm³/mol. The highest BCUT2D eigenvalue weighted by atomic mass is 35.5. The second-order valence-electron chi connectivity index (χ2n) is 5.66. The molecule has 26 heavy (non-hydrogen) atoms. The van der Waals surface area contributed by atoms with Gasteiger partial charge in [-0.25, -0.2) is 9.37 Å². The molecule has 0 aliphatic carbocycles. The number of aromatic amines is 1. The van der Waals surface area contributed by atoms with Gasteiger partial charge >= 0.3 is 0 Å². The Labute approximate surface area is 152 Å². The van der Waals surface area contributed by atoms with Gasteiger partial charge < -0.3 is 5.32 Å². The van der Waals surface area contributed by atoms with Gasteiger partial charge in [0.2, 0.25) is 0 Å². The summed E-state index contributed by atoms with van der Waals surface area (Å²) in [5.74, 6) is 0.493. The van der Waals surface area contributed by atoms with Gasteiger partial charge in [-0.1, -0.05) is 11.6 Å². The lowest BCUT2D eigenvalue weighted by atomic mass is 10.2. The number of anilines is 1. The van der Waals surface area contributed by atoms with E-state index in [0.29, 0.717) is 23.1 Å². The van der Waals surface area contributed by atoms with Gasteiger partial charge in [0.05, 0.1) is 12.2 Å². The molecule has 0 amide bonds. The number of hydrogen-bond acceptors (Lipinski definition) is 4. The third-order valence-electron chi connectivity index (χ3n) is 3.82. The van der Waals surface area contributed by atoms with Crippen LogP contribution in [0.4, 0.5) is 10.1 Å². The minimum atomic E-state index is -0.306. The fourth-order valence-electron chi connectivity index (χ4n) is 2.52. The molecule has 2 N–H and O–H groups in total. The fraction of sp³-hybridized carbons (Fsp3) is 0.0556. The number of rotatable bonds is 4. The van der Waals surface area contributed by atoms with Crippen LogP contribution < -0.4 is 10.9 Å². The number of hydrogen-bond donors (Lipinski definition) is 2. The lowest BCUT2D eigenvalue weighted by Crippen LogP contribution is -2.17.